The van der Waals surface area contributed by atoms with Crippen molar-refractivity contribution < 1.29 is 0 Å². The van der Waals surface area contributed by atoms with Gasteiger partial charge in [-0.3, -0.25) is 9.36 Å². The molecule has 3 nitrogen and oxygen atoms in total. The Hall–Kier alpha value is -0.830. The predicted octanol–water partition coefficient (Wildman–Crippen LogP) is 2.43. The van der Waals surface area contributed by atoms with Crippen molar-refractivity contribution in [1.82, 2.24) is 9.55 Å². The highest BCUT2D eigenvalue weighted by Gasteiger charge is 2.24. The van der Waals surface area contributed by atoms with E-state index in [2.05, 4.69) is 4.98 Å². The molecule has 82 valence electrons. The fourth-order valence-electron chi connectivity index (χ4n) is 1.68. The minimum Gasteiger partial charge on any atom is -0.296 e. The van der Waals surface area contributed by atoms with Crippen molar-refractivity contribution >= 4 is 11.6 Å². The van der Waals surface area contributed by atoms with Gasteiger partial charge in [0.25, 0.3) is 5.56 Å². The van der Waals surface area contributed by atoms with Crippen molar-refractivity contribution in [2.75, 3.05) is 0 Å². The number of aromatic nitrogens is 2. The Kier molecular flexibility index (Phi) is 2.83. The fourth-order valence-corrected chi connectivity index (χ4v) is 1.86. The predicted molar refractivity (Wildman–Crippen MR) is 60.3 cm³/mol. The molecule has 0 saturated heterocycles. The minimum atomic E-state index is -0.0226. The third-order valence-corrected chi connectivity index (χ3v) is 2.85. The summed E-state index contributed by atoms with van der Waals surface area (Å²) in [4.78, 5) is 16.0. The van der Waals surface area contributed by atoms with Gasteiger partial charge in [0.1, 0.15) is 11.0 Å². The molecule has 1 fully saturated rings. The number of halogens is 1. The van der Waals surface area contributed by atoms with Gasteiger partial charge in [0.2, 0.25) is 0 Å². The molecule has 0 unspecified atom stereocenters. The maximum Gasteiger partial charge on any atom is 0.254 e. The Morgan fingerprint density at radius 2 is 2.27 bits per heavy atom. The van der Waals surface area contributed by atoms with Crippen LogP contribution in [0, 0.1) is 5.92 Å². The molecule has 4 heteroatoms. The van der Waals surface area contributed by atoms with Gasteiger partial charge in [-0.2, -0.15) is 0 Å². The van der Waals surface area contributed by atoms with E-state index in [-0.39, 0.29) is 11.5 Å². The third-order valence-electron chi connectivity index (χ3n) is 2.66. The van der Waals surface area contributed by atoms with E-state index in [9.17, 15) is 4.79 Å². The van der Waals surface area contributed by atoms with E-state index in [4.69, 9.17) is 11.6 Å². The average molecular weight is 227 g/mol. The van der Waals surface area contributed by atoms with Gasteiger partial charge in [-0.25, -0.2) is 4.98 Å². The molecule has 1 aliphatic rings. The van der Waals surface area contributed by atoms with E-state index in [0.717, 1.165) is 12.4 Å². The molecular weight excluding hydrogens is 212 g/mol. The summed E-state index contributed by atoms with van der Waals surface area (Å²) in [7, 11) is 0. The van der Waals surface area contributed by atoms with Gasteiger partial charge in [0.15, 0.2) is 0 Å². The number of hydrogen-bond acceptors (Lipinski definition) is 2. The molecule has 0 N–H and O–H groups in total. The molecule has 1 heterocycles. The van der Waals surface area contributed by atoms with Crippen LogP contribution in [0.5, 0.6) is 0 Å². The molecule has 0 aliphatic heterocycles. The monoisotopic (exact) mass is 226 g/mol. The molecule has 0 radical (unpaired) electrons. The maximum atomic E-state index is 11.8. The summed E-state index contributed by atoms with van der Waals surface area (Å²) in [6.07, 6.45) is 2.46. The van der Waals surface area contributed by atoms with Crippen LogP contribution in [-0.2, 0) is 6.54 Å². The van der Waals surface area contributed by atoms with Crippen molar-refractivity contribution in [3.8, 4) is 0 Å². The molecule has 1 saturated carbocycles. The molecular formula is C11H15ClN2O. The minimum absolute atomic E-state index is 0.0226. The molecule has 0 atom stereocenters. The standard InChI is InChI=1S/C11H15ClN2O/c1-7(2)11-13-9(12)5-10(15)14(11)6-8-3-4-8/h5,7-8H,3-4,6H2,1-2H3. The second-order valence-electron chi connectivity index (χ2n) is 4.48. The molecule has 1 aromatic heterocycles. The highest BCUT2D eigenvalue weighted by Crippen LogP contribution is 2.31. The first-order chi connectivity index (χ1) is 7.08. The quantitative estimate of drug-likeness (QED) is 0.742. The molecule has 0 aromatic carbocycles. The number of nitrogens with zero attached hydrogens (tertiary/aromatic N) is 2. The van der Waals surface area contributed by atoms with E-state index < -0.39 is 0 Å². The Bertz CT molecular complexity index is 421. The van der Waals surface area contributed by atoms with Crippen molar-refractivity contribution in [3.63, 3.8) is 0 Å². The first kappa shape index (κ1) is 10.7. The van der Waals surface area contributed by atoms with Crippen LogP contribution >= 0.6 is 11.6 Å². The highest BCUT2D eigenvalue weighted by molar-refractivity contribution is 6.29. The van der Waals surface area contributed by atoms with Crippen LogP contribution in [-0.4, -0.2) is 9.55 Å². The van der Waals surface area contributed by atoms with E-state index in [0.29, 0.717) is 11.1 Å². The van der Waals surface area contributed by atoms with Crippen molar-refractivity contribution in [2.45, 2.75) is 39.2 Å². The third kappa shape index (κ3) is 2.40. The second-order valence-corrected chi connectivity index (χ2v) is 4.87. The summed E-state index contributed by atoms with van der Waals surface area (Å²) in [6, 6.07) is 1.40. The Labute approximate surface area is 94.1 Å². The SMILES string of the molecule is CC(C)c1nc(Cl)cc(=O)n1CC1CC1. The van der Waals surface area contributed by atoms with Crippen LogP contribution in [0.2, 0.25) is 5.15 Å². The van der Waals surface area contributed by atoms with Gasteiger partial charge in [-0.1, -0.05) is 25.4 Å². The fraction of sp³-hybridized carbons (Fsp3) is 0.636. The van der Waals surface area contributed by atoms with Crippen LogP contribution in [0.25, 0.3) is 0 Å². The summed E-state index contributed by atoms with van der Waals surface area (Å²) < 4.78 is 1.77. The highest BCUT2D eigenvalue weighted by atomic mass is 35.5. The number of rotatable bonds is 3. The lowest BCUT2D eigenvalue weighted by atomic mass is 10.2. The van der Waals surface area contributed by atoms with E-state index >= 15 is 0 Å². The van der Waals surface area contributed by atoms with Gasteiger partial charge in [-0.05, 0) is 18.8 Å². The van der Waals surface area contributed by atoms with Crippen LogP contribution in [0.3, 0.4) is 0 Å². The topological polar surface area (TPSA) is 34.9 Å². The lowest BCUT2D eigenvalue weighted by molar-refractivity contribution is 0.543. The van der Waals surface area contributed by atoms with E-state index in [1.807, 2.05) is 13.8 Å². The number of hydrogen-bond donors (Lipinski definition) is 0. The zero-order valence-corrected chi connectivity index (χ0v) is 9.79. The van der Waals surface area contributed by atoms with E-state index in [1.165, 1.54) is 18.9 Å². The smallest absolute Gasteiger partial charge is 0.254 e. The molecule has 15 heavy (non-hydrogen) atoms. The summed E-state index contributed by atoms with van der Waals surface area (Å²) in [6.45, 7) is 4.86. The average Bonchev–Trinajstić information content (AvgIpc) is 2.92. The Morgan fingerprint density at radius 3 is 2.80 bits per heavy atom. The molecule has 0 amide bonds. The summed E-state index contributed by atoms with van der Waals surface area (Å²) in [5.74, 6) is 1.71. The summed E-state index contributed by atoms with van der Waals surface area (Å²) >= 11 is 5.79. The lowest BCUT2D eigenvalue weighted by Crippen LogP contribution is -2.26. The van der Waals surface area contributed by atoms with Gasteiger partial charge in [0.05, 0.1) is 0 Å². The largest absolute Gasteiger partial charge is 0.296 e. The Morgan fingerprint density at radius 1 is 1.60 bits per heavy atom. The van der Waals surface area contributed by atoms with Crippen molar-refractivity contribution in [3.05, 3.63) is 27.4 Å². The first-order valence-corrected chi connectivity index (χ1v) is 5.73. The lowest BCUT2D eigenvalue weighted by Gasteiger charge is -2.13. The van der Waals surface area contributed by atoms with Crippen molar-refractivity contribution in [2.24, 2.45) is 5.92 Å². The van der Waals surface area contributed by atoms with Crippen LogP contribution in [0.4, 0.5) is 0 Å². The second kappa shape index (κ2) is 3.97. The van der Waals surface area contributed by atoms with Crippen LogP contribution < -0.4 is 5.56 Å². The van der Waals surface area contributed by atoms with Crippen molar-refractivity contribution in [1.29, 1.82) is 0 Å². The van der Waals surface area contributed by atoms with Gasteiger partial charge >= 0.3 is 0 Å². The zero-order valence-electron chi connectivity index (χ0n) is 9.03. The molecule has 0 bridgehead atoms. The van der Waals surface area contributed by atoms with E-state index in [1.54, 1.807) is 4.57 Å². The maximum absolute atomic E-state index is 11.8. The first-order valence-electron chi connectivity index (χ1n) is 5.35. The van der Waals surface area contributed by atoms with Crippen LogP contribution in [0.1, 0.15) is 38.4 Å². The molecule has 0 spiro atoms. The molecule has 1 aromatic rings. The van der Waals surface area contributed by atoms with Crippen LogP contribution in [0.15, 0.2) is 10.9 Å². The summed E-state index contributed by atoms with van der Waals surface area (Å²) in [5.41, 5.74) is -0.0226. The zero-order chi connectivity index (χ0) is 11.0. The van der Waals surface area contributed by atoms with Gasteiger partial charge < -0.3 is 0 Å². The summed E-state index contributed by atoms with van der Waals surface area (Å²) in [5, 5.41) is 0.302. The normalized spacial score (nSPS) is 16.0. The Balaban J connectivity index is 2.43. The molecule has 1 aliphatic carbocycles. The van der Waals surface area contributed by atoms with Gasteiger partial charge in [0, 0.05) is 18.5 Å². The molecule has 2 rings (SSSR count). The van der Waals surface area contributed by atoms with Gasteiger partial charge in [-0.15, -0.1) is 0 Å².